The van der Waals surface area contributed by atoms with Gasteiger partial charge in [-0.2, -0.15) is 0 Å². The predicted octanol–water partition coefficient (Wildman–Crippen LogP) is 2.21. The second-order valence-corrected chi connectivity index (χ2v) is 5.14. The van der Waals surface area contributed by atoms with Crippen LogP contribution in [0.15, 0.2) is 30.3 Å². The van der Waals surface area contributed by atoms with E-state index >= 15 is 0 Å². The van der Waals surface area contributed by atoms with Crippen molar-refractivity contribution < 1.29 is 18.7 Å². The highest BCUT2D eigenvalue weighted by atomic mass is 35.5. The number of carbonyl (C=O) groups excluding carboxylic acids is 2. The standard InChI is InChI=1S/C14H15ClFNO3/c1-20-12(18)11-8-5-9-17(11)13(19)14(15,16)10-6-3-2-4-7-10/h2-4,6-7,11H,5,8-9H2,1H3. The Labute approximate surface area is 121 Å². The van der Waals surface area contributed by atoms with Crippen molar-refractivity contribution in [3.05, 3.63) is 35.9 Å². The van der Waals surface area contributed by atoms with Gasteiger partial charge in [0.05, 0.1) is 7.11 Å². The summed E-state index contributed by atoms with van der Waals surface area (Å²) in [5, 5.41) is -2.67. The number of rotatable bonds is 3. The molecule has 0 aliphatic carbocycles. The Hall–Kier alpha value is -1.62. The first-order valence-corrected chi connectivity index (χ1v) is 6.68. The molecule has 1 aromatic rings. The summed E-state index contributed by atoms with van der Waals surface area (Å²) in [5.41, 5.74) is 0.0576. The summed E-state index contributed by atoms with van der Waals surface area (Å²) in [4.78, 5) is 25.1. The first-order valence-electron chi connectivity index (χ1n) is 6.30. The van der Waals surface area contributed by atoms with Gasteiger partial charge in [-0.1, -0.05) is 41.9 Å². The van der Waals surface area contributed by atoms with Crippen LogP contribution in [0.5, 0.6) is 0 Å². The Kier molecular flexibility index (Phi) is 4.28. The quantitative estimate of drug-likeness (QED) is 0.635. The average molecular weight is 300 g/mol. The van der Waals surface area contributed by atoms with Gasteiger partial charge < -0.3 is 9.64 Å². The Bertz CT molecular complexity index is 506. The molecule has 2 atom stereocenters. The van der Waals surface area contributed by atoms with Crippen LogP contribution in [0.3, 0.4) is 0 Å². The van der Waals surface area contributed by atoms with E-state index in [9.17, 15) is 14.0 Å². The maximum absolute atomic E-state index is 14.6. The van der Waals surface area contributed by atoms with Crippen molar-refractivity contribution in [2.45, 2.75) is 24.0 Å². The number of methoxy groups -OCH3 is 1. The first kappa shape index (κ1) is 14.8. The van der Waals surface area contributed by atoms with Gasteiger partial charge in [-0.05, 0) is 12.8 Å². The molecule has 1 fully saturated rings. The molecule has 0 aromatic heterocycles. The second kappa shape index (κ2) is 5.79. The number of hydrogen-bond donors (Lipinski definition) is 0. The molecule has 0 saturated carbocycles. The molecule has 2 rings (SSSR count). The van der Waals surface area contributed by atoms with Gasteiger partial charge in [-0.15, -0.1) is 0 Å². The van der Waals surface area contributed by atoms with Gasteiger partial charge in [0.1, 0.15) is 6.04 Å². The molecule has 0 spiro atoms. The van der Waals surface area contributed by atoms with Crippen LogP contribution in [0.4, 0.5) is 4.39 Å². The number of ether oxygens (including phenoxy) is 1. The fourth-order valence-corrected chi connectivity index (χ4v) is 2.58. The molecule has 1 aliphatic heterocycles. The van der Waals surface area contributed by atoms with E-state index in [2.05, 4.69) is 4.74 Å². The number of halogens is 2. The number of amides is 1. The number of alkyl halides is 2. The monoisotopic (exact) mass is 299 g/mol. The molecular formula is C14H15ClFNO3. The van der Waals surface area contributed by atoms with Crippen molar-refractivity contribution in [2.75, 3.05) is 13.7 Å². The van der Waals surface area contributed by atoms with Gasteiger partial charge in [0.15, 0.2) is 0 Å². The van der Waals surface area contributed by atoms with Gasteiger partial charge >= 0.3 is 5.97 Å². The van der Waals surface area contributed by atoms with E-state index in [1.54, 1.807) is 18.2 Å². The zero-order chi connectivity index (χ0) is 14.8. The van der Waals surface area contributed by atoms with Gasteiger partial charge in [-0.3, -0.25) is 4.79 Å². The molecule has 0 N–H and O–H groups in total. The Morgan fingerprint density at radius 1 is 1.40 bits per heavy atom. The van der Waals surface area contributed by atoms with Crippen LogP contribution in [0.25, 0.3) is 0 Å². The van der Waals surface area contributed by atoms with Crippen molar-refractivity contribution in [3.8, 4) is 0 Å². The number of benzene rings is 1. The van der Waals surface area contributed by atoms with Crippen LogP contribution in [-0.2, 0) is 19.5 Å². The highest BCUT2D eigenvalue weighted by molar-refractivity contribution is 6.33. The van der Waals surface area contributed by atoms with E-state index in [0.717, 1.165) is 4.90 Å². The SMILES string of the molecule is COC(=O)C1CCCN1C(=O)C(F)(Cl)c1ccccc1. The Morgan fingerprint density at radius 3 is 2.65 bits per heavy atom. The van der Waals surface area contributed by atoms with E-state index < -0.39 is 23.0 Å². The maximum Gasteiger partial charge on any atom is 0.328 e. The van der Waals surface area contributed by atoms with E-state index in [1.165, 1.54) is 19.2 Å². The Morgan fingerprint density at radius 2 is 2.05 bits per heavy atom. The summed E-state index contributed by atoms with van der Waals surface area (Å²) in [7, 11) is 1.24. The highest BCUT2D eigenvalue weighted by Gasteiger charge is 2.46. The largest absolute Gasteiger partial charge is 0.467 e. The summed E-state index contributed by atoms with van der Waals surface area (Å²) >= 11 is 5.80. The molecule has 4 nitrogen and oxygen atoms in total. The molecule has 0 bridgehead atoms. The lowest BCUT2D eigenvalue weighted by Crippen LogP contribution is -2.47. The van der Waals surface area contributed by atoms with Gasteiger partial charge in [0.25, 0.3) is 11.0 Å². The molecule has 1 amide bonds. The fourth-order valence-electron chi connectivity index (χ4n) is 2.34. The van der Waals surface area contributed by atoms with Crippen LogP contribution < -0.4 is 0 Å². The van der Waals surface area contributed by atoms with Gasteiger partial charge in [-0.25, -0.2) is 9.18 Å². The number of carbonyl (C=O) groups is 2. The third-order valence-electron chi connectivity index (χ3n) is 3.39. The lowest BCUT2D eigenvalue weighted by Gasteiger charge is -2.28. The van der Waals surface area contributed by atoms with E-state index in [-0.39, 0.29) is 5.56 Å². The normalized spacial score (nSPS) is 21.4. The number of nitrogens with zero attached hydrogens (tertiary/aromatic N) is 1. The summed E-state index contributed by atoms with van der Waals surface area (Å²) in [6.45, 7) is 0.295. The molecule has 108 valence electrons. The maximum atomic E-state index is 14.6. The van der Waals surface area contributed by atoms with Crippen LogP contribution >= 0.6 is 11.6 Å². The molecule has 1 saturated heterocycles. The smallest absolute Gasteiger partial charge is 0.328 e. The van der Waals surface area contributed by atoms with Crippen LogP contribution in [0.1, 0.15) is 18.4 Å². The van der Waals surface area contributed by atoms with E-state index in [4.69, 9.17) is 11.6 Å². The third-order valence-corrected chi connectivity index (χ3v) is 3.77. The highest BCUT2D eigenvalue weighted by Crippen LogP contribution is 2.35. The lowest BCUT2D eigenvalue weighted by molar-refractivity contribution is -0.153. The average Bonchev–Trinajstić information content (AvgIpc) is 2.95. The zero-order valence-electron chi connectivity index (χ0n) is 11.0. The minimum atomic E-state index is -2.67. The van der Waals surface area contributed by atoms with Gasteiger partial charge in [0, 0.05) is 12.1 Å². The van der Waals surface area contributed by atoms with Crippen LogP contribution in [0.2, 0.25) is 0 Å². The molecule has 1 aromatic carbocycles. The Balaban J connectivity index is 2.24. The van der Waals surface area contributed by atoms with Crippen molar-refractivity contribution in [1.82, 2.24) is 4.90 Å². The third kappa shape index (κ3) is 2.63. The lowest BCUT2D eigenvalue weighted by atomic mass is 10.1. The number of hydrogen-bond acceptors (Lipinski definition) is 3. The summed E-state index contributed by atoms with van der Waals surface area (Å²) in [6.07, 6.45) is 1.08. The van der Waals surface area contributed by atoms with E-state index in [0.29, 0.717) is 19.4 Å². The van der Waals surface area contributed by atoms with Crippen LogP contribution in [0, 0.1) is 0 Å². The molecule has 20 heavy (non-hydrogen) atoms. The molecular weight excluding hydrogens is 285 g/mol. The van der Waals surface area contributed by atoms with Crippen molar-refractivity contribution in [2.24, 2.45) is 0 Å². The fraction of sp³-hybridized carbons (Fsp3) is 0.429. The molecule has 2 unspecified atom stereocenters. The summed E-state index contributed by atoms with van der Waals surface area (Å²) in [6, 6.07) is 7.02. The van der Waals surface area contributed by atoms with Crippen molar-refractivity contribution >= 4 is 23.5 Å². The minimum absolute atomic E-state index is 0.0576. The number of esters is 1. The molecule has 1 aliphatic rings. The second-order valence-electron chi connectivity index (χ2n) is 4.62. The van der Waals surface area contributed by atoms with Gasteiger partial charge in [0.2, 0.25) is 0 Å². The molecule has 1 heterocycles. The van der Waals surface area contributed by atoms with Crippen molar-refractivity contribution in [3.63, 3.8) is 0 Å². The summed E-state index contributed by atoms with van der Waals surface area (Å²) in [5.74, 6) is -1.46. The topological polar surface area (TPSA) is 46.6 Å². The minimum Gasteiger partial charge on any atom is -0.467 e. The van der Waals surface area contributed by atoms with Crippen LogP contribution in [-0.4, -0.2) is 36.5 Å². The molecule has 6 heteroatoms. The predicted molar refractivity (Wildman–Crippen MR) is 71.8 cm³/mol. The van der Waals surface area contributed by atoms with Crippen molar-refractivity contribution in [1.29, 1.82) is 0 Å². The molecule has 0 radical (unpaired) electrons. The first-order chi connectivity index (χ1) is 9.48. The number of likely N-dealkylation sites (tertiary alicyclic amines) is 1. The zero-order valence-corrected chi connectivity index (χ0v) is 11.8. The summed E-state index contributed by atoms with van der Waals surface area (Å²) < 4.78 is 19.3. The van der Waals surface area contributed by atoms with E-state index in [1.807, 2.05) is 0 Å².